The third-order valence-electron chi connectivity index (χ3n) is 3.35. The molecule has 2 aromatic rings. The first-order valence-electron chi connectivity index (χ1n) is 9.17. The third kappa shape index (κ3) is 9.72. The van der Waals surface area contributed by atoms with Crippen LogP contribution in [-0.4, -0.2) is 48.8 Å². The van der Waals surface area contributed by atoms with E-state index >= 15 is 0 Å². The maximum absolute atomic E-state index is 8.97. The number of hydrogen-bond donors (Lipinski definition) is 2. The van der Waals surface area contributed by atoms with Crippen molar-refractivity contribution in [2.24, 2.45) is 0 Å². The maximum atomic E-state index is 8.97. The van der Waals surface area contributed by atoms with Crippen LogP contribution in [0.4, 0.5) is 0 Å². The predicted octanol–water partition coefficient (Wildman–Crippen LogP) is 3.76. The Balaban J connectivity index is 0.000000170. The number of phenolic OH excluding ortho intramolecular Hbond substituents is 2. The molecule has 27 heavy (non-hydrogen) atoms. The van der Waals surface area contributed by atoms with E-state index in [1.54, 1.807) is 48.5 Å². The van der Waals surface area contributed by atoms with E-state index in [1.165, 1.54) is 6.42 Å². The largest absolute Gasteiger partial charge is 0.508 e. The topological polar surface area (TPSA) is 84.0 Å². The molecule has 0 aromatic heterocycles. The lowest BCUT2D eigenvalue weighted by Gasteiger charge is -2.02. The summed E-state index contributed by atoms with van der Waals surface area (Å²) in [6.45, 7) is 7.06. The molecule has 2 saturated heterocycles. The zero-order valence-corrected chi connectivity index (χ0v) is 15.8. The molecule has 2 aromatic carbocycles. The number of epoxide rings is 2. The van der Waals surface area contributed by atoms with Gasteiger partial charge in [0.1, 0.15) is 48.4 Å². The van der Waals surface area contributed by atoms with Crippen LogP contribution in [0.25, 0.3) is 0 Å². The summed E-state index contributed by atoms with van der Waals surface area (Å²) >= 11 is 0. The van der Waals surface area contributed by atoms with Crippen molar-refractivity contribution in [2.45, 2.75) is 32.5 Å². The molecule has 0 amide bonds. The van der Waals surface area contributed by atoms with E-state index in [4.69, 9.17) is 29.2 Å². The van der Waals surface area contributed by atoms with E-state index in [2.05, 4.69) is 13.8 Å². The van der Waals surface area contributed by atoms with Gasteiger partial charge in [-0.2, -0.15) is 0 Å². The van der Waals surface area contributed by atoms with Crippen LogP contribution in [0.15, 0.2) is 48.5 Å². The second-order valence-electron chi connectivity index (χ2n) is 6.23. The lowest BCUT2D eigenvalue weighted by Crippen LogP contribution is -2.03. The van der Waals surface area contributed by atoms with E-state index in [1.807, 2.05) is 0 Å². The van der Waals surface area contributed by atoms with Gasteiger partial charge in [-0.3, -0.25) is 0 Å². The van der Waals surface area contributed by atoms with Crippen molar-refractivity contribution in [2.75, 3.05) is 26.4 Å². The van der Waals surface area contributed by atoms with Gasteiger partial charge in [0.15, 0.2) is 0 Å². The Labute approximate surface area is 160 Å². The summed E-state index contributed by atoms with van der Waals surface area (Å²) in [5.74, 6) is 2.04. The molecule has 2 fully saturated rings. The van der Waals surface area contributed by atoms with Crippen molar-refractivity contribution in [1.82, 2.24) is 0 Å². The second-order valence-corrected chi connectivity index (χ2v) is 6.23. The highest BCUT2D eigenvalue weighted by atomic mass is 16.6. The number of ether oxygens (including phenoxy) is 4. The van der Waals surface area contributed by atoms with E-state index in [0.29, 0.717) is 13.2 Å². The lowest BCUT2D eigenvalue weighted by molar-refractivity contribution is 0.263. The Morgan fingerprint density at radius 1 is 0.741 bits per heavy atom. The molecule has 148 valence electrons. The highest BCUT2D eigenvalue weighted by Crippen LogP contribution is 2.19. The fourth-order valence-corrected chi connectivity index (χ4v) is 1.79. The number of hydrogen-bond acceptors (Lipinski definition) is 6. The van der Waals surface area contributed by atoms with Gasteiger partial charge in [0.2, 0.25) is 0 Å². The van der Waals surface area contributed by atoms with Gasteiger partial charge in [0.05, 0.1) is 13.2 Å². The molecular formula is C21H28O6. The zero-order valence-electron chi connectivity index (χ0n) is 15.8. The molecule has 2 heterocycles. The minimum Gasteiger partial charge on any atom is -0.508 e. The molecule has 0 saturated carbocycles. The SMILES string of the molecule is CCC.Oc1ccc(OCC2CO2)cc1.Oc1ccc(OCC2CO2)cc1. The molecule has 2 N–H and O–H groups in total. The van der Waals surface area contributed by atoms with Crippen LogP contribution in [-0.2, 0) is 9.47 Å². The monoisotopic (exact) mass is 376 g/mol. The summed E-state index contributed by atoms with van der Waals surface area (Å²) in [7, 11) is 0. The fraction of sp³-hybridized carbons (Fsp3) is 0.429. The summed E-state index contributed by atoms with van der Waals surface area (Å²) in [5.41, 5.74) is 0. The van der Waals surface area contributed by atoms with Crippen LogP contribution in [0, 0.1) is 0 Å². The highest BCUT2D eigenvalue weighted by molar-refractivity contribution is 5.30. The Bertz CT molecular complexity index is 575. The number of aromatic hydroxyl groups is 2. The molecule has 6 heteroatoms. The summed E-state index contributed by atoms with van der Waals surface area (Å²) in [4.78, 5) is 0. The summed E-state index contributed by atoms with van der Waals surface area (Å²) in [5, 5.41) is 17.9. The number of benzene rings is 2. The smallest absolute Gasteiger partial charge is 0.119 e. The molecule has 6 nitrogen and oxygen atoms in total. The van der Waals surface area contributed by atoms with E-state index in [9.17, 15) is 0 Å². The molecular weight excluding hydrogens is 348 g/mol. The normalized spacial score (nSPS) is 18.9. The van der Waals surface area contributed by atoms with Gasteiger partial charge in [-0.15, -0.1) is 0 Å². The first-order chi connectivity index (χ1) is 13.1. The standard InChI is InChI=1S/2C9H10O3.C3H8/c2*10-7-1-3-8(4-2-7)11-5-9-6-12-9;1-3-2/h2*1-4,9-10H,5-6H2;3H2,1-2H3. The van der Waals surface area contributed by atoms with Gasteiger partial charge in [-0.25, -0.2) is 0 Å². The molecule has 0 bridgehead atoms. The van der Waals surface area contributed by atoms with E-state index in [0.717, 1.165) is 24.7 Å². The van der Waals surface area contributed by atoms with Gasteiger partial charge in [-0.05, 0) is 48.5 Å². The predicted molar refractivity (Wildman–Crippen MR) is 103 cm³/mol. The van der Waals surface area contributed by atoms with Gasteiger partial charge in [0.25, 0.3) is 0 Å². The zero-order chi connectivity index (χ0) is 19.5. The van der Waals surface area contributed by atoms with Crippen LogP contribution >= 0.6 is 0 Å². The van der Waals surface area contributed by atoms with Crippen LogP contribution in [0.3, 0.4) is 0 Å². The van der Waals surface area contributed by atoms with Crippen molar-refractivity contribution in [3.63, 3.8) is 0 Å². The fourth-order valence-electron chi connectivity index (χ4n) is 1.79. The van der Waals surface area contributed by atoms with Crippen molar-refractivity contribution >= 4 is 0 Å². The van der Waals surface area contributed by atoms with Gasteiger partial charge in [-0.1, -0.05) is 20.3 Å². The molecule has 2 aliphatic rings. The van der Waals surface area contributed by atoms with Crippen molar-refractivity contribution < 1.29 is 29.2 Å². The molecule has 0 aliphatic carbocycles. The Morgan fingerprint density at radius 3 is 1.30 bits per heavy atom. The summed E-state index contributed by atoms with van der Waals surface area (Å²) < 4.78 is 20.7. The van der Waals surface area contributed by atoms with Crippen molar-refractivity contribution in [3.8, 4) is 23.0 Å². The minimum absolute atomic E-state index is 0.255. The average Bonchev–Trinajstić information content (AvgIpc) is 3.57. The van der Waals surface area contributed by atoms with Crippen molar-refractivity contribution in [3.05, 3.63) is 48.5 Å². The number of phenols is 2. The molecule has 2 atom stereocenters. The average molecular weight is 376 g/mol. The molecule has 0 radical (unpaired) electrons. The van der Waals surface area contributed by atoms with Crippen LogP contribution in [0.5, 0.6) is 23.0 Å². The third-order valence-corrected chi connectivity index (χ3v) is 3.35. The molecule has 4 rings (SSSR count). The summed E-state index contributed by atoms with van der Waals surface area (Å²) in [6.07, 6.45) is 1.80. The first-order valence-corrected chi connectivity index (χ1v) is 9.17. The summed E-state index contributed by atoms with van der Waals surface area (Å²) in [6, 6.07) is 13.3. The van der Waals surface area contributed by atoms with Crippen LogP contribution < -0.4 is 9.47 Å². The van der Waals surface area contributed by atoms with E-state index < -0.39 is 0 Å². The molecule has 2 aliphatic heterocycles. The quantitative estimate of drug-likeness (QED) is 0.747. The maximum Gasteiger partial charge on any atom is 0.119 e. The van der Waals surface area contributed by atoms with Gasteiger partial charge < -0.3 is 29.2 Å². The Hall–Kier alpha value is -2.44. The van der Waals surface area contributed by atoms with Crippen molar-refractivity contribution in [1.29, 1.82) is 0 Å². The molecule has 2 unspecified atom stereocenters. The second kappa shape index (κ2) is 11.3. The van der Waals surface area contributed by atoms with Crippen LogP contribution in [0.2, 0.25) is 0 Å². The highest BCUT2D eigenvalue weighted by Gasteiger charge is 2.23. The van der Waals surface area contributed by atoms with E-state index in [-0.39, 0.29) is 23.7 Å². The minimum atomic E-state index is 0.255. The van der Waals surface area contributed by atoms with Crippen LogP contribution in [0.1, 0.15) is 20.3 Å². The van der Waals surface area contributed by atoms with Gasteiger partial charge in [0, 0.05) is 0 Å². The Kier molecular flexibility index (Phi) is 8.74. The first kappa shape index (κ1) is 20.9. The number of rotatable bonds is 6. The lowest BCUT2D eigenvalue weighted by atomic mass is 10.3. The molecule has 0 spiro atoms. The van der Waals surface area contributed by atoms with Gasteiger partial charge >= 0.3 is 0 Å². The Morgan fingerprint density at radius 2 is 1.04 bits per heavy atom.